The monoisotopic (exact) mass is 264 g/mol. The Morgan fingerprint density at radius 2 is 2.11 bits per heavy atom. The van der Waals surface area contributed by atoms with E-state index in [2.05, 4.69) is 4.98 Å². The predicted octanol–water partition coefficient (Wildman–Crippen LogP) is -0.0438. The second kappa shape index (κ2) is 4.57. The minimum atomic E-state index is -1.10. The maximum atomic E-state index is 10.0. The summed E-state index contributed by atoms with van der Waals surface area (Å²) in [5, 5.41) is 28.9. The Morgan fingerprint density at radius 3 is 2.79 bits per heavy atom. The van der Waals surface area contributed by atoms with Crippen LogP contribution in [-0.4, -0.2) is 49.8 Å². The van der Waals surface area contributed by atoms with E-state index in [4.69, 9.17) is 9.84 Å². The number of fused-ring (bicyclic) bond motifs is 1. The van der Waals surface area contributed by atoms with Gasteiger partial charge < -0.3 is 24.6 Å². The standard InChI is InChI=1S/C13H16N2O4/c1-7-2-3-9-8(4-7)14-6-15(9)13-12(18)11(17)10(5-16)19-13/h2-4,6,10-13,16-18H,5H2,1H3/t10-,11-,12-,13-/m1/s1. The van der Waals surface area contributed by atoms with Crippen molar-refractivity contribution in [1.82, 2.24) is 9.55 Å². The lowest BCUT2D eigenvalue weighted by Gasteiger charge is -2.17. The lowest BCUT2D eigenvalue weighted by atomic mass is 10.1. The molecular formula is C13H16N2O4. The second-order valence-electron chi connectivity index (χ2n) is 4.87. The molecule has 1 aromatic carbocycles. The molecule has 0 amide bonds. The van der Waals surface area contributed by atoms with Gasteiger partial charge in [0, 0.05) is 0 Å². The van der Waals surface area contributed by atoms with Gasteiger partial charge in [0.15, 0.2) is 6.23 Å². The fourth-order valence-corrected chi connectivity index (χ4v) is 2.45. The molecule has 0 unspecified atom stereocenters. The average molecular weight is 264 g/mol. The van der Waals surface area contributed by atoms with Gasteiger partial charge in [-0.2, -0.15) is 0 Å². The Balaban J connectivity index is 2.01. The van der Waals surface area contributed by atoms with E-state index in [9.17, 15) is 10.2 Å². The molecule has 1 aliphatic heterocycles. The van der Waals surface area contributed by atoms with Gasteiger partial charge in [-0.25, -0.2) is 4.98 Å². The topological polar surface area (TPSA) is 87.7 Å². The number of ether oxygens (including phenoxy) is 1. The van der Waals surface area contributed by atoms with Crippen LogP contribution in [0.3, 0.4) is 0 Å². The van der Waals surface area contributed by atoms with Crippen LogP contribution in [0.4, 0.5) is 0 Å². The first-order valence-electron chi connectivity index (χ1n) is 6.17. The zero-order chi connectivity index (χ0) is 13.6. The molecule has 0 saturated carbocycles. The Morgan fingerprint density at radius 1 is 1.32 bits per heavy atom. The summed E-state index contributed by atoms with van der Waals surface area (Å²) < 4.78 is 7.17. The van der Waals surface area contributed by atoms with Crippen LogP contribution < -0.4 is 0 Å². The lowest BCUT2D eigenvalue weighted by Crippen LogP contribution is -2.33. The number of aryl methyl sites for hydroxylation is 1. The van der Waals surface area contributed by atoms with Crippen molar-refractivity contribution in [3.05, 3.63) is 30.1 Å². The molecule has 2 heterocycles. The summed E-state index contributed by atoms with van der Waals surface area (Å²) in [6.07, 6.45) is -2.12. The number of imidazole rings is 1. The summed E-state index contributed by atoms with van der Waals surface area (Å²) in [5.41, 5.74) is 2.72. The Hall–Kier alpha value is -1.47. The van der Waals surface area contributed by atoms with E-state index in [0.29, 0.717) is 0 Å². The maximum Gasteiger partial charge on any atom is 0.164 e. The van der Waals surface area contributed by atoms with Crippen molar-refractivity contribution in [2.45, 2.75) is 31.5 Å². The van der Waals surface area contributed by atoms with E-state index in [1.54, 1.807) is 10.9 Å². The van der Waals surface area contributed by atoms with Crippen molar-refractivity contribution in [2.24, 2.45) is 0 Å². The minimum Gasteiger partial charge on any atom is -0.394 e. The van der Waals surface area contributed by atoms with Crippen LogP contribution in [0, 0.1) is 6.92 Å². The number of rotatable bonds is 2. The number of aromatic nitrogens is 2. The van der Waals surface area contributed by atoms with Gasteiger partial charge in [0.2, 0.25) is 0 Å². The predicted molar refractivity (Wildman–Crippen MR) is 67.5 cm³/mol. The summed E-state index contributed by atoms with van der Waals surface area (Å²) in [7, 11) is 0. The fraction of sp³-hybridized carbons (Fsp3) is 0.462. The fourth-order valence-electron chi connectivity index (χ4n) is 2.45. The van der Waals surface area contributed by atoms with Crippen LogP contribution >= 0.6 is 0 Å². The van der Waals surface area contributed by atoms with E-state index in [1.807, 2.05) is 25.1 Å². The Kier molecular flexibility index (Phi) is 3.02. The molecule has 1 aliphatic rings. The van der Waals surface area contributed by atoms with E-state index < -0.39 is 24.5 Å². The molecule has 0 aliphatic carbocycles. The largest absolute Gasteiger partial charge is 0.394 e. The highest BCUT2D eigenvalue weighted by Crippen LogP contribution is 2.31. The molecule has 0 radical (unpaired) electrons. The summed E-state index contributed by atoms with van der Waals surface area (Å²) in [4.78, 5) is 4.26. The zero-order valence-electron chi connectivity index (χ0n) is 10.5. The molecule has 0 spiro atoms. The molecule has 2 aromatic rings. The third-order valence-electron chi connectivity index (χ3n) is 3.52. The second-order valence-corrected chi connectivity index (χ2v) is 4.87. The molecule has 6 heteroatoms. The number of aliphatic hydroxyl groups excluding tert-OH is 3. The first-order chi connectivity index (χ1) is 9.11. The number of hydrogen-bond donors (Lipinski definition) is 3. The number of aliphatic hydroxyl groups is 3. The Bertz CT molecular complexity index is 597. The molecule has 3 rings (SSSR count). The highest BCUT2D eigenvalue weighted by atomic mass is 16.6. The maximum absolute atomic E-state index is 10.0. The van der Waals surface area contributed by atoms with Crippen molar-refractivity contribution < 1.29 is 20.1 Å². The number of nitrogens with zero attached hydrogens (tertiary/aromatic N) is 2. The number of benzene rings is 1. The van der Waals surface area contributed by atoms with E-state index in [-0.39, 0.29) is 6.61 Å². The summed E-state index contributed by atoms with van der Waals surface area (Å²) in [6.45, 7) is 1.64. The van der Waals surface area contributed by atoms with Gasteiger partial charge in [-0.3, -0.25) is 0 Å². The third-order valence-corrected chi connectivity index (χ3v) is 3.52. The smallest absolute Gasteiger partial charge is 0.164 e. The number of hydrogen-bond acceptors (Lipinski definition) is 5. The van der Waals surface area contributed by atoms with Gasteiger partial charge in [-0.1, -0.05) is 6.07 Å². The van der Waals surface area contributed by atoms with Gasteiger partial charge in [0.05, 0.1) is 24.0 Å². The molecule has 4 atom stereocenters. The summed E-state index contributed by atoms with van der Waals surface area (Å²) >= 11 is 0. The molecule has 3 N–H and O–H groups in total. The van der Waals surface area contributed by atoms with Crippen LogP contribution in [0.25, 0.3) is 11.0 Å². The van der Waals surface area contributed by atoms with Gasteiger partial charge in [0.1, 0.15) is 18.3 Å². The molecular weight excluding hydrogens is 248 g/mol. The highest BCUT2D eigenvalue weighted by Gasteiger charge is 2.43. The van der Waals surface area contributed by atoms with E-state index in [0.717, 1.165) is 16.6 Å². The molecule has 6 nitrogen and oxygen atoms in total. The van der Waals surface area contributed by atoms with Crippen LogP contribution in [0.5, 0.6) is 0 Å². The van der Waals surface area contributed by atoms with Crippen LogP contribution in [0.2, 0.25) is 0 Å². The van der Waals surface area contributed by atoms with Crippen molar-refractivity contribution in [2.75, 3.05) is 6.61 Å². The molecule has 102 valence electrons. The molecule has 1 fully saturated rings. The van der Waals surface area contributed by atoms with Gasteiger partial charge >= 0.3 is 0 Å². The molecule has 19 heavy (non-hydrogen) atoms. The van der Waals surface area contributed by atoms with Gasteiger partial charge in [0.25, 0.3) is 0 Å². The first-order valence-corrected chi connectivity index (χ1v) is 6.17. The summed E-state index contributed by atoms with van der Waals surface area (Å²) in [5.74, 6) is 0. The van der Waals surface area contributed by atoms with E-state index >= 15 is 0 Å². The van der Waals surface area contributed by atoms with Crippen LogP contribution in [0.15, 0.2) is 24.5 Å². The van der Waals surface area contributed by atoms with Crippen molar-refractivity contribution in [3.8, 4) is 0 Å². The quantitative estimate of drug-likeness (QED) is 0.708. The van der Waals surface area contributed by atoms with E-state index in [1.165, 1.54) is 0 Å². The van der Waals surface area contributed by atoms with Crippen molar-refractivity contribution >= 4 is 11.0 Å². The first kappa shape index (κ1) is 12.6. The van der Waals surface area contributed by atoms with Crippen molar-refractivity contribution in [1.29, 1.82) is 0 Å². The zero-order valence-corrected chi connectivity index (χ0v) is 10.5. The molecule has 0 bridgehead atoms. The van der Waals surface area contributed by atoms with Gasteiger partial charge in [-0.05, 0) is 24.6 Å². The third kappa shape index (κ3) is 1.93. The SMILES string of the molecule is Cc1ccc2c(c1)ncn2[C@@H]1O[C@H](CO)[C@@H](O)[C@H]1O. The molecule has 1 saturated heterocycles. The van der Waals surface area contributed by atoms with Gasteiger partial charge in [-0.15, -0.1) is 0 Å². The summed E-state index contributed by atoms with van der Waals surface area (Å²) in [6, 6.07) is 5.78. The average Bonchev–Trinajstić information content (AvgIpc) is 2.92. The van der Waals surface area contributed by atoms with Crippen LogP contribution in [0.1, 0.15) is 11.8 Å². The Labute approximate surface area is 109 Å². The van der Waals surface area contributed by atoms with Crippen molar-refractivity contribution in [3.63, 3.8) is 0 Å². The highest BCUT2D eigenvalue weighted by molar-refractivity contribution is 5.76. The minimum absolute atomic E-state index is 0.333. The molecule has 1 aromatic heterocycles. The van der Waals surface area contributed by atoms with Crippen LogP contribution in [-0.2, 0) is 4.74 Å². The normalized spacial score (nSPS) is 31.2. The lowest BCUT2D eigenvalue weighted by molar-refractivity contribution is -0.0508.